The summed E-state index contributed by atoms with van der Waals surface area (Å²) in [5.41, 5.74) is 2.18. The number of epoxide rings is 1. The van der Waals surface area contributed by atoms with Gasteiger partial charge in [-0.25, -0.2) is 0 Å². The molecule has 0 aromatic carbocycles. The largest absolute Gasteiger partial charge is 0.463 e. The second-order valence-electron chi connectivity index (χ2n) is 13.2. The molecular formula is C30H46O3. The van der Waals surface area contributed by atoms with E-state index in [1.54, 1.807) is 12.5 Å². The van der Waals surface area contributed by atoms with Crippen molar-refractivity contribution >= 4 is 5.97 Å². The fraction of sp³-hybridized carbons (Fsp3) is 0.833. The van der Waals surface area contributed by atoms with Crippen LogP contribution in [0.1, 0.15) is 93.4 Å². The quantitative estimate of drug-likeness (QED) is 0.252. The van der Waals surface area contributed by atoms with Crippen LogP contribution in [-0.4, -0.2) is 23.8 Å². The molecule has 0 unspecified atom stereocenters. The van der Waals surface area contributed by atoms with Crippen molar-refractivity contribution in [2.24, 2.45) is 46.3 Å². The molecule has 3 nitrogen and oxygen atoms in total. The minimum Gasteiger partial charge on any atom is -0.463 e. The standard InChI is InChI=1S/C30H46O3/c1-18(2)19(3)8-9-20(4)24-12-13-25-26-11-10-22-16-23(32-21(5)31)14-15-29(22,7)30(26)27(33-30)17-28(24,25)6/h8-9,11,18-20,22-25,27H,10,12-17H2,1-7H3/b9-8+/t19-,20-,22+,23-,24-,25+,27-,28-,29-,30+/m1/s1. The predicted molar refractivity (Wildman–Crippen MR) is 133 cm³/mol. The van der Waals surface area contributed by atoms with Gasteiger partial charge in [-0.2, -0.15) is 0 Å². The van der Waals surface area contributed by atoms with Crippen molar-refractivity contribution in [3.05, 3.63) is 23.8 Å². The Morgan fingerprint density at radius 1 is 1.15 bits per heavy atom. The van der Waals surface area contributed by atoms with Crippen LogP contribution in [0.25, 0.3) is 0 Å². The lowest BCUT2D eigenvalue weighted by atomic mass is 9.47. The van der Waals surface area contributed by atoms with E-state index in [0.29, 0.717) is 41.1 Å². The van der Waals surface area contributed by atoms with Gasteiger partial charge in [0.1, 0.15) is 11.7 Å². The fourth-order valence-electron chi connectivity index (χ4n) is 8.87. The van der Waals surface area contributed by atoms with Crippen molar-refractivity contribution in [1.29, 1.82) is 0 Å². The summed E-state index contributed by atoms with van der Waals surface area (Å²) < 4.78 is 12.5. The molecule has 4 fully saturated rings. The first-order valence-corrected chi connectivity index (χ1v) is 13.8. The Kier molecular flexibility index (Phi) is 5.71. The summed E-state index contributed by atoms with van der Waals surface area (Å²) in [6.45, 7) is 16.1. The average molecular weight is 455 g/mol. The third kappa shape index (κ3) is 3.42. The summed E-state index contributed by atoms with van der Waals surface area (Å²) in [7, 11) is 0. The Labute approximate surface area is 201 Å². The Balaban J connectivity index is 1.38. The fourth-order valence-corrected chi connectivity index (χ4v) is 8.87. The molecule has 33 heavy (non-hydrogen) atoms. The lowest BCUT2D eigenvalue weighted by Gasteiger charge is -2.55. The van der Waals surface area contributed by atoms with Gasteiger partial charge in [0.25, 0.3) is 0 Å². The first-order valence-electron chi connectivity index (χ1n) is 13.8. The van der Waals surface area contributed by atoms with E-state index in [1.807, 2.05) is 0 Å². The van der Waals surface area contributed by atoms with Crippen LogP contribution in [0.5, 0.6) is 0 Å². The SMILES string of the molecule is CC(=O)O[C@@H]1CC[C@]2(C)[C@@H](CC=C3[C@@H]4CC[C@H]([C@H](C)/C=C/[C@@H](C)C(C)C)[C@@]4(C)C[C@H]4O[C@@]342)C1. The second kappa shape index (κ2) is 7.97. The molecule has 3 heteroatoms. The number of carbonyl (C=O) groups is 1. The molecular weight excluding hydrogens is 408 g/mol. The minimum absolute atomic E-state index is 0.0264. The lowest BCUT2D eigenvalue weighted by molar-refractivity contribution is -0.152. The summed E-state index contributed by atoms with van der Waals surface area (Å²) in [5, 5.41) is 0. The normalized spacial score (nSPS) is 47.8. The Bertz CT molecular complexity index is 857. The summed E-state index contributed by atoms with van der Waals surface area (Å²) in [6.07, 6.45) is 16.2. The maximum Gasteiger partial charge on any atom is 0.302 e. The van der Waals surface area contributed by atoms with Crippen molar-refractivity contribution in [2.75, 3.05) is 0 Å². The van der Waals surface area contributed by atoms with Gasteiger partial charge in [0.2, 0.25) is 0 Å². The molecule has 0 radical (unpaired) electrons. The van der Waals surface area contributed by atoms with E-state index in [9.17, 15) is 4.79 Å². The number of fused-ring (bicyclic) bond motifs is 3. The number of rotatable bonds is 5. The minimum atomic E-state index is -0.134. The Hall–Kier alpha value is -1.09. The molecule has 0 bridgehead atoms. The molecule has 5 aliphatic rings. The number of hydrogen-bond acceptors (Lipinski definition) is 3. The highest BCUT2D eigenvalue weighted by atomic mass is 16.6. The van der Waals surface area contributed by atoms with E-state index in [2.05, 4.69) is 59.8 Å². The molecule has 0 aromatic rings. The highest BCUT2D eigenvalue weighted by Crippen LogP contribution is 2.75. The molecule has 3 saturated carbocycles. The van der Waals surface area contributed by atoms with Gasteiger partial charge in [-0.3, -0.25) is 4.79 Å². The number of esters is 1. The van der Waals surface area contributed by atoms with Gasteiger partial charge in [-0.05, 0) is 91.4 Å². The predicted octanol–water partition coefficient (Wildman–Crippen LogP) is 7.11. The van der Waals surface area contributed by atoms with Crippen molar-refractivity contribution in [3.63, 3.8) is 0 Å². The van der Waals surface area contributed by atoms with E-state index in [4.69, 9.17) is 9.47 Å². The Morgan fingerprint density at radius 3 is 2.61 bits per heavy atom. The first-order chi connectivity index (χ1) is 15.5. The highest BCUT2D eigenvalue weighted by molar-refractivity contribution is 5.66. The highest BCUT2D eigenvalue weighted by Gasteiger charge is 2.77. The maximum absolute atomic E-state index is 11.6. The third-order valence-electron chi connectivity index (χ3n) is 11.2. The molecule has 1 aliphatic heterocycles. The molecule has 10 atom stereocenters. The van der Waals surface area contributed by atoms with Crippen molar-refractivity contribution < 1.29 is 14.3 Å². The molecule has 1 saturated heterocycles. The number of carbonyl (C=O) groups excluding carboxylic acids is 1. The topological polar surface area (TPSA) is 38.8 Å². The van der Waals surface area contributed by atoms with Gasteiger partial charge in [0.15, 0.2) is 0 Å². The van der Waals surface area contributed by atoms with Crippen LogP contribution in [0.15, 0.2) is 23.8 Å². The number of hydrogen-bond donors (Lipinski definition) is 0. The Morgan fingerprint density at radius 2 is 1.91 bits per heavy atom. The van der Waals surface area contributed by atoms with Gasteiger partial charge in [0.05, 0.1) is 6.10 Å². The van der Waals surface area contributed by atoms with Gasteiger partial charge in [-0.1, -0.05) is 59.8 Å². The zero-order chi connectivity index (χ0) is 23.8. The van der Waals surface area contributed by atoms with Crippen LogP contribution in [-0.2, 0) is 14.3 Å². The molecule has 1 heterocycles. The summed E-state index contributed by atoms with van der Waals surface area (Å²) in [5.74, 6) is 3.81. The van der Waals surface area contributed by atoms with Crippen LogP contribution >= 0.6 is 0 Å². The van der Waals surface area contributed by atoms with E-state index < -0.39 is 0 Å². The number of ether oxygens (including phenoxy) is 2. The van der Waals surface area contributed by atoms with Crippen molar-refractivity contribution in [1.82, 2.24) is 0 Å². The van der Waals surface area contributed by atoms with Crippen LogP contribution in [0.4, 0.5) is 0 Å². The van der Waals surface area contributed by atoms with Crippen LogP contribution in [0.2, 0.25) is 0 Å². The van der Waals surface area contributed by atoms with Crippen molar-refractivity contribution in [2.45, 2.75) is 111 Å². The summed E-state index contributed by atoms with van der Waals surface area (Å²) in [6, 6.07) is 0. The van der Waals surface area contributed by atoms with E-state index in [0.717, 1.165) is 31.6 Å². The van der Waals surface area contributed by atoms with Crippen molar-refractivity contribution in [3.8, 4) is 0 Å². The summed E-state index contributed by atoms with van der Waals surface area (Å²) in [4.78, 5) is 11.6. The first kappa shape index (κ1) is 23.6. The molecule has 4 aliphatic carbocycles. The maximum atomic E-state index is 11.6. The molecule has 0 amide bonds. The van der Waals surface area contributed by atoms with Gasteiger partial charge >= 0.3 is 5.97 Å². The van der Waals surface area contributed by atoms with E-state index in [1.165, 1.54) is 19.3 Å². The molecule has 5 rings (SSSR count). The lowest BCUT2D eigenvalue weighted by Crippen LogP contribution is -2.56. The van der Waals surface area contributed by atoms with Gasteiger partial charge in [0, 0.05) is 12.3 Å². The zero-order valence-corrected chi connectivity index (χ0v) is 22.0. The van der Waals surface area contributed by atoms with Gasteiger partial charge < -0.3 is 9.47 Å². The van der Waals surface area contributed by atoms with Gasteiger partial charge in [-0.15, -0.1) is 0 Å². The zero-order valence-electron chi connectivity index (χ0n) is 22.0. The molecule has 184 valence electrons. The average Bonchev–Trinajstić information content (AvgIpc) is 3.36. The second-order valence-corrected chi connectivity index (χ2v) is 13.2. The monoisotopic (exact) mass is 454 g/mol. The van der Waals surface area contributed by atoms with Crippen LogP contribution in [0, 0.1) is 46.3 Å². The molecule has 0 aromatic heterocycles. The third-order valence-corrected chi connectivity index (χ3v) is 11.2. The molecule has 0 N–H and O–H groups in total. The van der Waals surface area contributed by atoms with E-state index >= 15 is 0 Å². The van der Waals surface area contributed by atoms with Crippen LogP contribution < -0.4 is 0 Å². The number of allylic oxidation sites excluding steroid dienone is 3. The smallest absolute Gasteiger partial charge is 0.302 e. The molecule has 1 spiro atoms. The summed E-state index contributed by atoms with van der Waals surface area (Å²) >= 11 is 0. The van der Waals surface area contributed by atoms with E-state index in [-0.39, 0.29) is 23.1 Å². The van der Waals surface area contributed by atoms with Crippen LogP contribution in [0.3, 0.4) is 0 Å².